The first-order chi connectivity index (χ1) is 15.8. The minimum atomic E-state index is -0.154. The molecule has 1 N–H and O–H groups in total. The standard InChI is InChI=1S/C30H38NOP/c1-7-23(8-2)26-18-21(4)19-27(28(26)32)30(6,9-3)33-29-22(5)14-13-15-24(29)20-31-25-16-11-10-12-17-25/h10-20,23,32-33H,7-9H2,1-6H3. The third kappa shape index (κ3) is 5.74. The maximum atomic E-state index is 11.5. The Labute approximate surface area is 202 Å². The van der Waals surface area contributed by atoms with Crippen LogP contribution in [-0.4, -0.2) is 11.3 Å². The van der Waals surface area contributed by atoms with Crippen molar-refractivity contribution >= 4 is 25.8 Å². The summed E-state index contributed by atoms with van der Waals surface area (Å²) in [6.07, 6.45) is 5.02. The average molecular weight is 460 g/mol. The molecule has 2 atom stereocenters. The largest absolute Gasteiger partial charge is 0.507 e. The lowest BCUT2D eigenvalue weighted by Gasteiger charge is -2.33. The molecule has 33 heavy (non-hydrogen) atoms. The molecule has 3 aromatic carbocycles. The molecule has 0 spiro atoms. The summed E-state index contributed by atoms with van der Waals surface area (Å²) in [4.78, 5) is 4.73. The second-order valence-electron chi connectivity index (χ2n) is 9.21. The molecular weight excluding hydrogens is 421 g/mol. The van der Waals surface area contributed by atoms with Crippen molar-refractivity contribution in [3.8, 4) is 5.75 Å². The number of nitrogens with zero attached hydrogens (tertiary/aromatic N) is 1. The highest BCUT2D eigenvalue weighted by Crippen LogP contribution is 2.50. The van der Waals surface area contributed by atoms with Crippen LogP contribution in [0.25, 0.3) is 0 Å². The minimum absolute atomic E-state index is 0.154. The van der Waals surface area contributed by atoms with Gasteiger partial charge in [0, 0.05) is 22.5 Å². The summed E-state index contributed by atoms with van der Waals surface area (Å²) in [5.41, 5.74) is 6.80. The maximum Gasteiger partial charge on any atom is 0.123 e. The van der Waals surface area contributed by atoms with E-state index in [1.165, 1.54) is 16.4 Å². The van der Waals surface area contributed by atoms with Gasteiger partial charge in [0.1, 0.15) is 5.75 Å². The first-order valence-corrected chi connectivity index (χ1v) is 13.1. The zero-order valence-corrected chi connectivity index (χ0v) is 21.9. The van der Waals surface area contributed by atoms with Crippen LogP contribution in [0.15, 0.2) is 65.7 Å². The summed E-state index contributed by atoms with van der Waals surface area (Å²) < 4.78 is 0. The smallest absolute Gasteiger partial charge is 0.123 e. The SMILES string of the molecule is CCC(CC)c1cc(C)cc(C(C)(CC)Pc2c(C)cccc2C=Nc2ccccc2)c1O. The van der Waals surface area contributed by atoms with E-state index < -0.39 is 0 Å². The molecule has 0 aliphatic rings. The Bertz CT molecular complexity index is 1100. The van der Waals surface area contributed by atoms with Crippen molar-refractivity contribution in [2.75, 3.05) is 0 Å². The lowest BCUT2D eigenvalue weighted by molar-refractivity contribution is 0.440. The van der Waals surface area contributed by atoms with Gasteiger partial charge in [0.25, 0.3) is 0 Å². The predicted octanol–water partition coefficient (Wildman–Crippen LogP) is 8.29. The summed E-state index contributed by atoms with van der Waals surface area (Å²) in [6, 6.07) is 20.9. The number of para-hydroxylation sites is 1. The average Bonchev–Trinajstić information content (AvgIpc) is 2.82. The molecule has 0 aromatic heterocycles. The Balaban J connectivity index is 2.06. The van der Waals surface area contributed by atoms with Crippen LogP contribution in [0.5, 0.6) is 5.75 Å². The van der Waals surface area contributed by atoms with E-state index in [2.05, 4.69) is 71.9 Å². The van der Waals surface area contributed by atoms with Crippen molar-refractivity contribution in [3.05, 3.63) is 88.5 Å². The zero-order valence-electron chi connectivity index (χ0n) is 20.9. The molecule has 0 saturated carbocycles. The highest BCUT2D eigenvalue weighted by atomic mass is 31.1. The molecule has 174 valence electrons. The predicted molar refractivity (Wildman–Crippen MR) is 147 cm³/mol. The molecule has 0 aliphatic carbocycles. The topological polar surface area (TPSA) is 32.6 Å². The molecule has 0 amide bonds. The van der Waals surface area contributed by atoms with Gasteiger partial charge < -0.3 is 5.11 Å². The van der Waals surface area contributed by atoms with Crippen LogP contribution >= 0.6 is 8.58 Å². The first-order valence-electron chi connectivity index (χ1n) is 12.1. The molecule has 0 aliphatic heterocycles. The van der Waals surface area contributed by atoms with E-state index in [1.807, 2.05) is 36.5 Å². The van der Waals surface area contributed by atoms with Gasteiger partial charge in [0.05, 0.1) is 5.69 Å². The molecule has 0 heterocycles. The first kappa shape index (κ1) is 25.2. The van der Waals surface area contributed by atoms with Gasteiger partial charge >= 0.3 is 0 Å². The van der Waals surface area contributed by atoms with Crippen molar-refractivity contribution in [2.45, 2.75) is 71.9 Å². The van der Waals surface area contributed by atoms with E-state index in [-0.39, 0.29) is 5.16 Å². The number of hydrogen-bond acceptors (Lipinski definition) is 2. The van der Waals surface area contributed by atoms with Crippen molar-refractivity contribution in [1.82, 2.24) is 0 Å². The number of aliphatic imine (C=N–C) groups is 1. The quantitative estimate of drug-likeness (QED) is 0.253. The van der Waals surface area contributed by atoms with Crippen LogP contribution in [0, 0.1) is 13.8 Å². The number of phenolic OH excluding ortho intramolecular Hbond substituents is 1. The normalized spacial score (nSPS) is 13.9. The van der Waals surface area contributed by atoms with Gasteiger partial charge in [-0.05, 0) is 67.6 Å². The van der Waals surface area contributed by atoms with Gasteiger partial charge in [-0.1, -0.05) is 90.4 Å². The van der Waals surface area contributed by atoms with E-state index in [0.717, 1.165) is 41.6 Å². The van der Waals surface area contributed by atoms with Crippen LogP contribution in [0.3, 0.4) is 0 Å². The van der Waals surface area contributed by atoms with E-state index >= 15 is 0 Å². The molecular formula is C30H38NOP. The van der Waals surface area contributed by atoms with Crippen molar-refractivity contribution in [2.24, 2.45) is 4.99 Å². The molecule has 0 bridgehead atoms. The molecule has 2 nitrogen and oxygen atoms in total. The number of hydrogen-bond donors (Lipinski definition) is 1. The molecule has 3 heteroatoms. The molecule has 3 rings (SSSR count). The third-order valence-corrected chi connectivity index (χ3v) is 8.93. The molecule has 0 saturated heterocycles. The summed E-state index contributed by atoms with van der Waals surface area (Å²) in [5, 5.41) is 12.6. The lowest BCUT2D eigenvalue weighted by Crippen LogP contribution is -2.22. The summed E-state index contributed by atoms with van der Waals surface area (Å²) >= 11 is 0. The minimum Gasteiger partial charge on any atom is -0.507 e. The summed E-state index contributed by atoms with van der Waals surface area (Å²) in [6.45, 7) is 13.3. The van der Waals surface area contributed by atoms with Crippen molar-refractivity contribution < 1.29 is 5.11 Å². The van der Waals surface area contributed by atoms with Crippen LogP contribution in [0.4, 0.5) is 5.69 Å². The van der Waals surface area contributed by atoms with Gasteiger partial charge in [-0.25, -0.2) is 0 Å². The van der Waals surface area contributed by atoms with Gasteiger partial charge in [-0.3, -0.25) is 4.99 Å². The van der Waals surface area contributed by atoms with E-state index in [4.69, 9.17) is 4.99 Å². The van der Waals surface area contributed by atoms with Crippen molar-refractivity contribution in [3.63, 3.8) is 0 Å². The molecule has 2 unspecified atom stereocenters. The zero-order chi connectivity index (χ0) is 24.0. The van der Waals surface area contributed by atoms with Gasteiger partial charge in [0.2, 0.25) is 0 Å². The Morgan fingerprint density at radius 1 is 0.970 bits per heavy atom. The van der Waals surface area contributed by atoms with Crippen LogP contribution in [0.1, 0.15) is 80.7 Å². The third-order valence-electron chi connectivity index (χ3n) is 6.83. The molecule has 0 fully saturated rings. The summed E-state index contributed by atoms with van der Waals surface area (Å²) in [7, 11) is 0.524. The van der Waals surface area contributed by atoms with E-state index in [0.29, 0.717) is 20.2 Å². The van der Waals surface area contributed by atoms with Gasteiger partial charge in [0.15, 0.2) is 0 Å². The number of aryl methyl sites for hydroxylation is 2. The summed E-state index contributed by atoms with van der Waals surface area (Å²) in [5.74, 6) is 0.888. The molecule has 0 radical (unpaired) electrons. The maximum absolute atomic E-state index is 11.5. The second kappa shape index (κ2) is 11.1. The highest BCUT2D eigenvalue weighted by Gasteiger charge is 2.31. The Morgan fingerprint density at radius 2 is 1.67 bits per heavy atom. The van der Waals surface area contributed by atoms with Crippen LogP contribution in [0.2, 0.25) is 0 Å². The monoisotopic (exact) mass is 459 g/mol. The number of rotatable bonds is 9. The fraction of sp³-hybridized carbons (Fsp3) is 0.367. The number of phenols is 1. The lowest BCUT2D eigenvalue weighted by atomic mass is 9.86. The molecule has 3 aromatic rings. The fourth-order valence-corrected chi connectivity index (χ4v) is 6.14. The van der Waals surface area contributed by atoms with E-state index in [9.17, 15) is 5.11 Å². The van der Waals surface area contributed by atoms with Crippen LogP contribution in [-0.2, 0) is 5.16 Å². The van der Waals surface area contributed by atoms with Crippen LogP contribution < -0.4 is 5.30 Å². The Morgan fingerprint density at radius 3 is 2.30 bits per heavy atom. The number of benzene rings is 3. The van der Waals surface area contributed by atoms with Gasteiger partial charge in [-0.15, -0.1) is 0 Å². The Hall–Kier alpha value is -2.44. The second-order valence-corrected chi connectivity index (χ2v) is 11.1. The van der Waals surface area contributed by atoms with Crippen molar-refractivity contribution in [1.29, 1.82) is 0 Å². The number of aromatic hydroxyl groups is 1. The Kier molecular flexibility index (Phi) is 8.49. The van der Waals surface area contributed by atoms with Gasteiger partial charge in [-0.2, -0.15) is 0 Å². The van der Waals surface area contributed by atoms with E-state index in [1.54, 1.807) is 0 Å². The highest BCUT2D eigenvalue weighted by molar-refractivity contribution is 7.49. The fourth-order valence-electron chi connectivity index (χ4n) is 4.52.